The first kappa shape index (κ1) is 13.8. The average Bonchev–Trinajstić information content (AvgIpc) is 2.64. The molecule has 1 atom stereocenters. The van der Waals surface area contributed by atoms with Gasteiger partial charge in [0.15, 0.2) is 5.17 Å². The molecule has 0 aromatic rings. The summed E-state index contributed by atoms with van der Waals surface area (Å²) in [6.07, 6.45) is 2.26. The van der Waals surface area contributed by atoms with E-state index in [2.05, 4.69) is 24.2 Å². The van der Waals surface area contributed by atoms with E-state index >= 15 is 0 Å². The van der Waals surface area contributed by atoms with Crippen molar-refractivity contribution in [3.05, 3.63) is 0 Å². The zero-order valence-electron chi connectivity index (χ0n) is 10.7. The molecule has 1 fully saturated rings. The van der Waals surface area contributed by atoms with Gasteiger partial charge in [0.25, 0.3) is 0 Å². The Morgan fingerprint density at radius 2 is 2.38 bits per heavy atom. The van der Waals surface area contributed by atoms with Crippen LogP contribution in [0.2, 0.25) is 0 Å². The average molecular weight is 244 g/mol. The number of thioether (sulfide) groups is 1. The standard InChI is InChI=1S/C12H24N2OS/c1-4-15-7-5-6-13-12-14-11(9-16-12)8-10(2)3/h10-11H,4-9H2,1-3H3,(H,13,14). The SMILES string of the molecule is CCOCCCN=C1NC(CC(C)C)CS1. The first-order valence-electron chi connectivity index (χ1n) is 6.24. The van der Waals surface area contributed by atoms with Crippen LogP contribution in [0.15, 0.2) is 4.99 Å². The lowest BCUT2D eigenvalue weighted by Gasteiger charge is -2.11. The molecular weight excluding hydrogens is 220 g/mol. The number of hydrogen-bond acceptors (Lipinski definition) is 3. The second-order valence-electron chi connectivity index (χ2n) is 4.52. The molecule has 16 heavy (non-hydrogen) atoms. The summed E-state index contributed by atoms with van der Waals surface area (Å²) in [6, 6.07) is 0.621. The summed E-state index contributed by atoms with van der Waals surface area (Å²) in [7, 11) is 0. The Kier molecular flexibility index (Phi) is 6.88. The molecule has 3 nitrogen and oxygen atoms in total. The van der Waals surface area contributed by atoms with Gasteiger partial charge < -0.3 is 10.1 Å². The molecule has 4 heteroatoms. The van der Waals surface area contributed by atoms with Crippen LogP contribution < -0.4 is 5.32 Å². The van der Waals surface area contributed by atoms with E-state index in [0.717, 1.165) is 37.3 Å². The summed E-state index contributed by atoms with van der Waals surface area (Å²) in [5, 5.41) is 4.61. The van der Waals surface area contributed by atoms with Crippen molar-refractivity contribution < 1.29 is 4.74 Å². The highest BCUT2D eigenvalue weighted by atomic mass is 32.2. The fraction of sp³-hybridized carbons (Fsp3) is 0.917. The number of nitrogens with zero attached hydrogens (tertiary/aromatic N) is 1. The third kappa shape index (κ3) is 5.75. The summed E-state index contributed by atoms with van der Waals surface area (Å²) in [4.78, 5) is 4.54. The Bertz CT molecular complexity index is 219. The van der Waals surface area contributed by atoms with Gasteiger partial charge in [-0.15, -0.1) is 0 Å². The van der Waals surface area contributed by atoms with Crippen molar-refractivity contribution in [1.82, 2.24) is 5.32 Å². The summed E-state index contributed by atoms with van der Waals surface area (Å²) in [6.45, 7) is 9.07. The van der Waals surface area contributed by atoms with Crippen LogP contribution in [0.25, 0.3) is 0 Å². The van der Waals surface area contributed by atoms with Crippen LogP contribution >= 0.6 is 11.8 Å². The predicted octanol–water partition coefficient (Wildman–Crippen LogP) is 2.52. The molecule has 1 unspecified atom stereocenters. The number of hydrogen-bond donors (Lipinski definition) is 1. The molecular formula is C12H24N2OS. The molecule has 0 spiro atoms. The molecule has 1 aliphatic heterocycles. The van der Waals surface area contributed by atoms with Crippen LogP contribution in [0.3, 0.4) is 0 Å². The fourth-order valence-corrected chi connectivity index (χ4v) is 2.73. The number of amidine groups is 1. The van der Waals surface area contributed by atoms with Crippen molar-refractivity contribution in [3.8, 4) is 0 Å². The van der Waals surface area contributed by atoms with E-state index in [1.165, 1.54) is 12.2 Å². The first-order chi connectivity index (χ1) is 7.72. The highest BCUT2D eigenvalue weighted by molar-refractivity contribution is 8.14. The molecule has 1 heterocycles. The molecule has 0 aliphatic carbocycles. The molecule has 1 aliphatic rings. The Morgan fingerprint density at radius 3 is 3.06 bits per heavy atom. The van der Waals surface area contributed by atoms with Crippen molar-refractivity contribution in [3.63, 3.8) is 0 Å². The van der Waals surface area contributed by atoms with Crippen molar-refractivity contribution >= 4 is 16.9 Å². The molecule has 1 saturated heterocycles. The number of ether oxygens (including phenoxy) is 1. The van der Waals surface area contributed by atoms with Gasteiger partial charge in [0.1, 0.15) is 0 Å². The van der Waals surface area contributed by atoms with Crippen LogP contribution in [-0.4, -0.2) is 36.7 Å². The minimum atomic E-state index is 0.621. The molecule has 0 radical (unpaired) electrons. The van der Waals surface area contributed by atoms with Gasteiger partial charge in [-0.2, -0.15) is 0 Å². The first-order valence-corrected chi connectivity index (χ1v) is 7.22. The largest absolute Gasteiger partial charge is 0.382 e. The molecule has 1 N–H and O–H groups in total. The van der Waals surface area contributed by atoms with Gasteiger partial charge in [0.05, 0.1) is 0 Å². The van der Waals surface area contributed by atoms with Crippen LogP contribution in [0.1, 0.15) is 33.6 Å². The second kappa shape index (κ2) is 7.96. The number of rotatable bonds is 7. The van der Waals surface area contributed by atoms with Gasteiger partial charge in [-0.05, 0) is 25.7 Å². The van der Waals surface area contributed by atoms with Crippen molar-refractivity contribution in [2.45, 2.75) is 39.7 Å². The van der Waals surface area contributed by atoms with Gasteiger partial charge >= 0.3 is 0 Å². The van der Waals surface area contributed by atoms with E-state index in [1.807, 2.05) is 18.7 Å². The molecule has 0 bridgehead atoms. The Balaban J connectivity index is 2.12. The summed E-state index contributed by atoms with van der Waals surface area (Å²) in [5.74, 6) is 1.93. The van der Waals surface area contributed by atoms with E-state index < -0.39 is 0 Å². The number of aliphatic imine (C=N–C) groups is 1. The highest BCUT2D eigenvalue weighted by Gasteiger charge is 2.20. The van der Waals surface area contributed by atoms with Gasteiger partial charge in [-0.25, -0.2) is 0 Å². The van der Waals surface area contributed by atoms with E-state index in [9.17, 15) is 0 Å². The minimum absolute atomic E-state index is 0.621. The molecule has 0 aromatic heterocycles. The Morgan fingerprint density at radius 1 is 1.56 bits per heavy atom. The second-order valence-corrected chi connectivity index (χ2v) is 5.53. The molecule has 1 rings (SSSR count). The fourth-order valence-electron chi connectivity index (χ4n) is 1.72. The summed E-state index contributed by atoms with van der Waals surface area (Å²) >= 11 is 1.85. The summed E-state index contributed by atoms with van der Waals surface area (Å²) < 4.78 is 5.28. The Hall–Kier alpha value is -0.220. The van der Waals surface area contributed by atoms with Gasteiger partial charge in [0.2, 0.25) is 0 Å². The van der Waals surface area contributed by atoms with Gasteiger partial charge in [0, 0.05) is 31.6 Å². The lowest BCUT2D eigenvalue weighted by Crippen LogP contribution is -2.28. The normalized spacial score (nSPS) is 23.0. The molecule has 0 aromatic carbocycles. The van der Waals surface area contributed by atoms with Gasteiger partial charge in [-0.3, -0.25) is 4.99 Å². The molecule has 0 amide bonds. The third-order valence-corrected chi connectivity index (χ3v) is 3.50. The summed E-state index contributed by atoms with van der Waals surface area (Å²) in [5.41, 5.74) is 0. The predicted molar refractivity (Wildman–Crippen MR) is 72.2 cm³/mol. The highest BCUT2D eigenvalue weighted by Crippen LogP contribution is 2.18. The Labute approximate surface area is 103 Å². The quantitative estimate of drug-likeness (QED) is 0.699. The van der Waals surface area contributed by atoms with Crippen molar-refractivity contribution in [1.29, 1.82) is 0 Å². The van der Waals surface area contributed by atoms with Crippen molar-refractivity contribution in [2.75, 3.05) is 25.5 Å². The maximum Gasteiger partial charge on any atom is 0.156 e. The smallest absolute Gasteiger partial charge is 0.156 e. The maximum atomic E-state index is 5.28. The lowest BCUT2D eigenvalue weighted by molar-refractivity contribution is 0.146. The number of nitrogens with one attached hydrogen (secondary N) is 1. The maximum absolute atomic E-state index is 5.28. The van der Waals surface area contributed by atoms with Crippen LogP contribution in [-0.2, 0) is 4.74 Å². The monoisotopic (exact) mass is 244 g/mol. The van der Waals surface area contributed by atoms with E-state index in [0.29, 0.717) is 6.04 Å². The molecule has 94 valence electrons. The van der Waals surface area contributed by atoms with E-state index in [4.69, 9.17) is 4.74 Å². The lowest BCUT2D eigenvalue weighted by atomic mass is 10.1. The van der Waals surface area contributed by atoms with Crippen LogP contribution in [0.4, 0.5) is 0 Å². The van der Waals surface area contributed by atoms with E-state index in [-0.39, 0.29) is 0 Å². The van der Waals surface area contributed by atoms with Crippen LogP contribution in [0, 0.1) is 5.92 Å². The van der Waals surface area contributed by atoms with Crippen LogP contribution in [0.5, 0.6) is 0 Å². The topological polar surface area (TPSA) is 33.6 Å². The van der Waals surface area contributed by atoms with Crippen molar-refractivity contribution in [2.24, 2.45) is 10.9 Å². The molecule has 0 saturated carbocycles. The zero-order valence-corrected chi connectivity index (χ0v) is 11.5. The van der Waals surface area contributed by atoms with Gasteiger partial charge in [-0.1, -0.05) is 25.6 Å². The third-order valence-electron chi connectivity index (χ3n) is 2.41. The minimum Gasteiger partial charge on any atom is -0.382 e. The zero-order chi connectivity index (χ0) is 11.8. The van der Waals surface area contributed by atoms with E-state index in [1.54, 1.807) is 0 Å².